The van der Waals surface area contributed by atoms with Crippen LogP contribution >= 0.6 is 0 Å². The van der Waals surface area contributed by atoms with Gasteiger partial charge < -0.3 is 28.9 Å². The Balaban J connectivity index is 1.38. The smallest absolute Gasteiger partial charge is 0.261 e. The van der Waals surface area contributed by atoms with Gasteiger partial charge in [0.05, 0.1) is 32.4 Å². The first-order valence-corrected chi connectivity index (χ1v) is 12.8. The van der Waals surface area contributed by atoms with Crippen LogP contribution in [0.2, 0.25) is 0 Å². The first-order valence-electron chi connectivity index (χ1n) is 12.8. The number of hydrogen-bond acceptors (Lipinski definition) is 7. The van der Waals surface area contributed by atoms with Crippen LogP contribution in [0.3, 0.4) is 0 Å². The van der Waals surface area contributed by atoms with Crippen LogP contribution in [-0.2, 0) is 0 Å². The largest absolute Gasteiger partial charge is 0.497 e. The summed E-state index contributed by atoms with van der Waals surface area (Å²) in [6.07, 6.45) is 0. The van der Waals surface area contributed by atoms with E-state index < -0.39 is 0 Å². The van der Waals surface area contributed by atoms with Gasteiger partial charge in [0, 0.05) is 22.7 Å². The summed E-state index contributed by atoms with van der Waals surface area (Å²) in [6, 6.07) is 27.7. The molecule has 4 aromatic carbocycles. The number of amides is 1. The fraction of sp³-hybridized carbons (Fsp3) is 0.0938. The van der Waals surface area contributed by atoms with Crippen LogP contribution in [-0.4, -0.2) is 37.2 Å². The summed E-state index contributed by atoms with van der Waals surface area (Å²) in [4.78, 5) is 26.3. The highest BCUT2D eigenvalue weighted by molar-refractivity contribution is 6.05. The third-order valence-electron chi connectivity index (χ3n) is 6.62. The van der Waals surface area contributed by atoms with Crippen molar-refractivity contribution < 1.29 is 23.4 Å². The van der Waals surface area contributed by atoms with Gasteiger partial charge in [0.15, 0.2) is 11.3 Å². The van der Waals surface area contributed by atoms with Gasteiger partial charge in [0.2, 0.25) is 5.55 Å². The summed E-state index contributed by atoms with van der Waals surface area (Å²) in [5, 5.41) is 3.65. The van der Waals surface area contributed by atoms with E-state index in [9.17, 15) is 4.79 Å². The molecular weight excluding hydrogens is 520 g/mol. The third kappa shape index (κ3) is 5.08. The predicted octanol–water partition coefficient (Wildman–Crippen LogP) is 6.49. The lowest BCUT2D eigenvalue weighted by molar-refractivity contribution is 0.102. The highest BCUT2D eigenvalue weighted by Crippen LogP contribution is 2.32. The monoisotopic (exact) mass is 546 g/mol. The van der Waals surface area contributed by atoms with Crippen molar-refractivity contribution in [2.24, 2.45) is 4.99 Å². The number of carbonyl (C=O) groups is 1. The number of nitrogens with one attached hydrogen (secondary N) is 2. The quantitative estimate of drug-likeness (QED) is 0.237. The lowest BCUT2D eigenvalue weighted by Crippen LogP contribution is -2.21. The van der Waals surface area contributed by atoms with Crippen molar-refractivity contribution in [3.63, 3.8) is 0 Å². The Morgan fingerprint density at radius 2 is 1.66 bits per heavy atom. The fourth-order valence-corrected chi connectivity index (χ4v) is 4.52. The lowest BCUT2D eigenvalue weighted by atomic mass is 10.1. The summed E-state index contributed by atoms with van der Waals surface area (Å²) in [6.45, 7) is 0. The van der Waals surface area contributed by atoms with Crippen LogP contribution in [0.1, 0.15) is 10.4 Å². The Labute approximate surface area is 235 Å². The molecule has 6 aromatic rings. The van der Waals surface area contributed by atoms with Crippen LogP contribution in [0.5, 0.6) is 17.2 Å². The zero-order chi connectivity index (χ0) is 28.3. The van der Waals surface area contributed by atoms with Gasteiger partial charge in [0.25, 0.3) is 5.91 Å². The summed E-state index contributed by atoms with van der Waals surface area (Å²) in [5.41, 5.74) is 4.63. The molecule has 9 heteroatoms. The second-order valence-electron chi connectivity index (χ2n) is 9.13. The first kappa shape index (κ1) is 25.7. The van der Waals surface area contributed by atoms with Crippen LogP contribution in [0.4, 0.5) is 11.4 Å². The Morgan fingerprint density at radius 3 is 2.41 bits per heavy atom. The van der Waals surface area contributed by atoms with E-state index in [1.165, 1.54) is 7.11 Å². The van der Waals surface area contributed by atoms with E-state index in [4.69, 9.17) is 18.6 Å². The number of methoxy groups -OCH3 is 3. The molecule has 0 atom stereocenters. The molecule has 0 aliphatic carbocycles. The highest BCUT2D eigenvalue weighted by Gasteiger charge is 2.16. The molecule has 0 unspecified atom stereocenters. The van der Waals surface area contributed by atoms with Crippen molar-refractivity contribution in [1.82, 2.24) is 9.97 Å². The minimum Gasteiger partial charge on any atom is -0.497 e. The molecule has 2 heterocycles. The maximum Gasteiger partial charge on any atom is 0.261 e. The molecule has 0 spiro atoms. The highest BCUT2D eigenvalue weighted by atomic mass is 16.5. The summed E-state index contributed by atoms with van der Waals surface area (Å²) in [5.74, 6) is 1.96. The van der Waals surface area contributed by atoms with Crippen LogP contribution in [0.25, 0.3) is 33.4 Å². The van der Waals surface area contributed by atoms with E-state index in [1.807, 2.05) is 60.7 Å². The van der Waals surface area contributed by atoms with Crippen LogP contribution in [0, 0.1) is 0 Å². The molecule has 0 saturated heterocycles. The molecule has 204 valence electrons. The second-order valence-corrected chi connectivity index (χ2v) is 9.13. The molecule has 2 aromatic heterocycles. The maximum atomic E-state index is 13.6. The number of ether oxygens (including phenoxy) is 3. The molecule has 0 radical (unpaired) electrons. The van der Waals surface area contributed by atoms with Crippen molar-refractivity contribution in [3.8, 4) is 28.6 Å². The van der Waals surface area contributed by atoms with E-state index in [0.717, 1.165) is 22.4 Å². The van der Waals surface area contributed by atoms with Gasteiger partial charge in [-0.3, -0.25) is 4.79 Å². The molecule has 0 aliphatic rings. The molecule has 0 bridgehead atoms. The van der Waals surface area contributed by atoms with Crippen molar-refractivity contribution in [2.75, 3.05) is 26.6 Å². The fourth-order valence-electron chi connectivity index (χ4n) is 4.52. The number of nitrogens with zero attached hydrogens (tertiary/aromatic N) is 2. The van der Waals surface area contributed by atoms with Gasteiger partial charge in [-0.05, 0) is 60.7 Å². The topological polar surface area (TPSA) is 111 Å². The first-order chi connectivity index (χ1) is 20.1. The summed E-state index contributed by atoms with van der Waals surface area (Å²) in [7, 11) is 4.67. The average molecular weight is 547 g/mol. The van der Waals surface area contributed by atoms with E-state index in [0.29, 0.717) is 39.6 Å². The molecule has 0 fully saturated rings. The lowest BCUT2D eigenvalue weighted by Gasteiger charge is -2.10. The molecule has 6 rings (SSSR count). The van der Waals surface area contributed by atoms with Gasteiger partial charge in [-0.2, -0.15) is 0 Å². The summed E-state index contributed by atoms with van der Waals surface area (Å²) < 4.78 is 22.5. The van der Waals surface area contributed by atoms with Gasteiger partial charge in [-0.15, -0.1) is 0 Å². The molecule has 1 amide bonds. The number of imidazole rings is 1. The number of rotatable bonds is 7. The Kier molecular flexibility index (Phi) is 6.83. The molecular formula is C32H26N4O5. The Morgan fingerprint density at radius 1 is 0.854 bits per heavy atom. The number of aromatic nitrogens is 2. The molecule has 2 N–H and O–H groups in total. The number of H-pyrrole nitrogens is 1. The van der Waals surface area contributed by atoms with Gasteiger partial charge in [-0.25, -0.2) is 9.98 Å². The van der Waals surface area contributed by atoms with Crippen LogP contribution in [0.15, 0.2) is 100 Å². The van der Waals surface area contributed by atoms with E-state index in [-0.39, 0.29) is 17.0 Å². The number of benzene rings is 4. The number of para-hydroxylation sites is 3. The molecule has 41 heavy (non-hydrogen) atoms. The third-order valence-corrected chi connectivity index (χ3v) is 6.62. The number of aromatic amines is 1. The van der Waals surface area contributed by atoms with Crippen LogP contribution < -0.4 is 25.1 Å². The number of carbonyl (C=O) groups excluding carboxylic acids is 1. The SMILES string of the molecule is COc1ccc(N=c2oc3c(OC)cccc3cc2C(=O)Nc2ccc(-c3nc4ccccc4[nH]3)cc2)c(OC)c1. The minimum absolute atomic E-state index is 0.0989. The van der Waals surface area contributed by atoms with Gasteiger partial charge >= 0.3 is 0 Å². The van der Waals surface area contributed by atoms with Crippen molar-refractivity contribution in [2.45, 2.75) is 0 Å². The van der Waals surface area contributed by atoms with Gasteiger partial charge in [-0.1, -0.05) is 24.3 Å². The van der Waals surface area contributed by atoms with E-state index in [1.54, 1.807) is 44.6 Å². The van der Waals surface area contributed by atoms with E-state index in [2.05, 4.69) is 20.3 Å². The molecule has 9 nitrogen and oxygen atoms in total. The second kappa shape index (κ2) is 10.9. The molecule has 0 aliphatic heterocycles. The Hall–Kier alpha value is -5.57. The maximum absolute atomic E-state index is 13.6. The van der Waals surface area contributed by atoms with Crippen molar-refractivity contribution >= 4 is 39.3 Å². The van der Waals surface area contributed by atoms with Crippen molar-refractivity contribution in [3.05, 3.63) is 102 Å². The number of fused-ring (bicyclic) bond motifs is 2. The Bertz CT molecular complexity index is 1920. The normalized spacial score (nSPS) is 11.5. The zero-order valence-electron chi connectivity index (χ0n) is 22.6. The summed E-state index contributed by atoms with van der Waals surface area (Å²) >= 11 is 0. The minimum atomic E-state index is -0.388. The predicted molar refractivity (Wildman–Crippen MR) is 157 cm³/mol. The number of anilines is 1. The standard InChI is InChI=1S/C32H26N4O5/c1-38-22-15-16-26(28(18-22)40-3)36-32-23(17-20-7-6-10-27(39-2)29(20)41-32)31(37)33-21-13-11-19(12-14-21)30-34-24-8-4-5-9-25(24)35-30/h4-18H,1-3H3,(H,33,37)(H,34,35). The number of hydrogen-bond donors (Lipinski definition) is 2. The van der Waals surface area contributed by atoms with Gasteiger partial charge in [0.1, 0.15) is 28.6 Å². The molecule has 0 saturated carbocycles. The average Bonchev–Trinajstić information content (AvgIpc) is 3.45. The van der Waals surface area contributed by atoms with Crippen molar-refractivity contribution in [1.29, 1.82) is 0 Å². The zero-order valence-corrected chi connectivity index (χ0v) is 22.6. The van der Waals surface area contributed by atoms with E-state index >= 15 is 0 Å².